The van der Waals surface area contributed by atoms with Crippen LogP contribution in [0.5, 0.6) is 5.75 Å². The van der Waals surface area contributed by atoms with Crippen LogP contribution in [0.25, 0.3) is 21.5 Å². The van der Waals surface area contributed by atoms with E-state index in [0.717, 1.165) is 61.7 Å². The van der Waals surface area contributed by atoms with Gasteiger partial charge in [-0.15, -0.1) is 0 Å². The Balaban J connectivity index is 0.000000284. The summed E-state index contributed by atoms with van der Waals surface area (Å²) in [4.78, 5) is 168. The van der Waals surface area contributed by atoms with Crippen LogP contribution in [-0.2, 0) is 98.8 Å². The summed E-state index contributed by atoms with van der Waals surface area (Å²) >= 11 is 0. The predicted molar refractivity (Wildman–Crippen MR) is 453 cm³/mol. The van der Waals surface area contributed by atoms with Gasteiger partial charge in [0, 0.05) is 90.1 Å². The fraction of sp³-hybridized carbons (Fsp3) is 0.247. The Bertz CT molecular complexity index is 5580. The largest absolute Gasteiger partial charge is 0.508 e. The Morgan fingerprint density at radius 3 is 1.66 bits per heavy atom. The fourth-order valence-corrected chi connectivity index (χ4v) is 15.0. The minimum atomic E-state index is -1.32. The van der Waals surface area contributed by atoms with Crippen LogP contribution in [0.1, 0.15) is 110 Å². The lowest BCUT2D eigenvalue weighted by Gasteiger charge is -2.36. The standard InChI is InChI=1S/C52H53N5O6.C38H38N4O9.3CO2/c1-51(2)43(55-40-26-22-35-14-10-12-16-38(35)47(40)51)18-8-6-5-7-9-19-44-52(3,4)48-39-17-13-11-15-36(39)23-28-42(48)57(44)33-31-45(58)54-37-24-20-34(21-25-37)30-32-53-50(63)56-41(49(61)62)27-29-46(59)60;43-28-9-11-31-25(19-28)18-26-20-29(44)10-12-32(26)35(31)24-5-7-27(8-6-24)41-38(51)40-21-30(45)17-23-3-1-22(2-4-23)15-16-39-37(50)42-33(36(48)49)13-14-34(46)47;3*2-1-3/h5-26,28,41H,27,29-33H2,1-4H3,(H5,53,54,56,58,59,60,61,62,63);1-12,19-20,31,33,35,44H,13-18,21H2,(H,46,47)(H,48,49)(H2,39,42,50)(H2,40,41,51);;;/p+1/t41-;31?,33-,35?;;;/m00.../s1. The van der Waals surface area contributed by atoms with E-state index in [1.807, 2.05) is 66.8 Å². The van der Waals surface area contributed by atoms with Gasteiger partial charge in [-0.25, -0.2) is 24.0 Å². The van der Waals surface area contributed by atoms with E-state index in [1.165, 1.54) is 32.7 Å². The number of amides is 7. The smallest absolute Gasteiger partial charge is 0.373 e. The average molecular weight is 1670 g/mol. The predicted octanol–water partition coefficient (Wildman–Crippen LogP) is 11.6. The number of carbonyl (C=O) groups excluding carboxylic acids is 12. The number of carboxylic acids is 4. The van der Waals surface area contributed by atoms with Gasteiger partial charge in [0.15, 0.2) is 23.8 Å². The molecular formula is C93H92N9O21+. The topological polar surface area (TPSA) is 474 Å². The molecule has 0 fully saturated rings. The SMILES string of the molecule is CC1(C)C(/C=C/C=C/C=C/C=C2/Nc3ccc4ccccc4c3C2(C)C)=[N+](CCC(=O)Nc2ccc(CCNC(=O)N[C@@H](CCC(=O)O)C(=O)O)cc2)c2ccc3ccccc3c21.O=C1C=CC2C(=C1)Cc1cc(O)ccc1C2c1ccc(NC(=O)NCC(=O)Cc2ccc(CCNC(=O)N[C@@H](CCC(=O)O)C(=O)O)cc2)cc1.O=C=O.O=C=O.O=C=O. The summed E-state index contributed by atoms with van der Waals surface area (Å²) in [6.45, 7) is 9.74. The van der Waals surface area contributed by atoms with Crippen LogP contribution in [0.2, 0.25) is 0 Å². The first-order valence-corrected chi connectivity index (χ1v) is 39.0. The minimum Gasteiger partial charge on any atom is -0.508 e. The van der Waals surface area contributed by atoms with Crippen LogP contribution in [0, 0.1) is 5.92 Å². The van der Waals surface area contributed by atoms with E-state index in [4.69, 9.17) is 44.1 Å². The summed E-state index contributed by atoms with van der Waals surface area (Å²) in [6, 6.07) is 48.2. The number of phenolic OH excluding ortho intramolecular Hbond substituents is 1. The summed E-state index contributed by atoms with van der Waals surface area (Å²) < 4.78 is 2.26. The van der Waals surface area contributed by atoms with Crippen molar-refractivity contribution in [3.8, 4) is 5.75 Å². The van der Waals surface area contributed by atoms with E-state index in [-0.39, 0.29) is 123 Å². The number of hydrogen-bond donors (Lipinski definition) is 13. The lowest BCUT2D eigenvalue weighted by Crippen LogP contribution is -2.46. The number of anilines is 3. The van der Waals surface area contributed by atoms with Crippen LogP contribution in [0.15, 0.2) is 236 Å². The maximum absolute atomic E-state index is 13.4. The van der Waals surface area contributed by atoms with Crippen molar-refractivity contribution in [2.45, 2.75) is 114 Å². The van der Waals surface area contributed by atoms with Gasteiger partial charge in [0.2, 0.25) is 11.6 Å². The van der Waals surface area contributed by atoms with E-state index in [1.54, 1.807) is 60.7 Å². The third-order valence-electron chi connectivity index (χ3n) is 20.7. The zero-order valence-corrected chi connectivity index (χ0v) is 67.6. The zero-order chi connectivity index (χ0) is 89.3. The second kappa shape index (κ2) is 45.0. The molecule has 2 aliphatic carbocycles. The molecule has 8 aromatic carbocycles. The second-order valence-electron chi connectivity index (χ2n) is 29.7. The number of Topliss-reactive ketones (excluding diaryl/α,β-unsaturated/α-hetero) is 1. The molecule has 13 N–H and O–H groups in total. The van der Waals surface area contributed by atoms with Crippen molar-refractivity contribution in [2.75, 3.05) is 42.1 Å². The van der Waals surface area contributed by atoms with Gasteiger partial charge in [0.1, 0.15) is 17.8 Å². The summed E-state index contributed by atoms with van der Waals surface area (Å²) in [5.74, 6) is -5.19. The quantitative estimate of drug-likeness (QED) is 0.0147. The summed E-state index contributed by atoms with van der Waals surface area (Å²) in [5, 5.41) is 72.6. The Morgan fingerprint density at radius 2 is 1.08 bits per heavy atom. The monoisotopic (exact) mass is 1670 g/mol. The van der Waals surface area contributed by atoms with Gasteiger partial charge in [-0.05, 0) is 173 Å². The molecule has 2 aliphatic heterocycles. The number of urea groups is 3. The third-order valence-corrected chi connectivity index (χ3v) is 20.7. The molecule has 123 heavy (non-hydrogen) atoms. The molecule has 12 rings (SSSR count). The Labute approximate surface area is 706 Å². The molecule has 7 amide bonds. The number of nitrogens with one attached hydrogen (secondary N) is 8. The Kier molecular flexibility index (Phi) is 34.1. The molecule has 0 spiro atoms. The van der Waals surface area contributed by atoms with Crippen LogP contribution >= 0.6 is 0 Å². The fourth-order valence-electron chi connectivity index (χ4n) is 15.0. The highest BCUT2D eigenvalue weighted by Crippen LogP contribution is 2.49. The zero-order valence-electron chi connectivity index (χ0n) is 67.6. The molecule has 2 heterocycles. The molecule has 4 aliphatic rings. The van der Waals surface area contributed by atoms with Gasteiger partial charge in [-0.3, -0.25) is 24.0 Å². The molecule has 30 nitrogen and oxygen atoms in total. The van der Waals surface area contributed by atoms with Crippen molar-refractivity contribution < 1.29 is 107 Å². The van der Waals surface area contributed by atoms with Crippen LogP contribution in [0.4, 0.5) is 37.1 Å². The van der Waals surface area contributed by atoms with E-state index >= 15 is 0 Å². The number of fused-ring (bicyclic) bond motifs is 8. The van der Waals surface area contributed by atoms with Gasteiger partial charge < -0.3 is 68.1 Å². The average Bonchev–Trinajstić information content (AvgIpc) is 1.59. The normalized spacial score (nSPS) is 15.3. The molecule has 0 saturated carbocycles. The summed E-state index contributed by atoms with van der Waals surface area (Å²) in [7, 11) is 0. The number of allylic oxidation sites excluding steroid dienone is 12. The molecule has 2 unspecified atom stereocenters. The van der Waals surface area contributed by atoms with Gasteiger partial charge in [0.25, 0.3) is 0 Å². The van der Waals surface area contributed by atoms with Crippen LogP contribution < -0.4 is 42.5 Å². The van der Waals surface area contributed by atoms with E-state index in [2.05, 4.69) is 172 Å². The van der Waals surface area contributed by atoms with E-state index < -0.39 is 54.1 Å². The number of hydrogen-bond acceptors (Lipinski definition) is 18. The van der Waals surface area contributed by atoms with Gasteiger partial charge in [-0.1, -0.05) is 165 Å². The lowest BCUT2D eigenvalue weighted by molar-refractivity contribution is -0.436. The number of carbonyl (C=O) groups is 10. The molecular weight excluding hydrogens is 1580 g/mol. The number of aliphatic carboxylic acids is 4. The lowest BCUT2D eigenvalue weighted by atomic mass is 9.68. The molecule has 30 heteroatoms. The van der Waals surface area contributed by atoms with Crippen LogP contribution in [-0.4, -0.2) is 152 Å². The molecule has 0 aromatic heterocycles. The molecule has 0 radical (unpaired) electrons. The summed E-state index contributed by atoms with van der Waals surface area (Å²) in [6.07, 6.45) is 21.1. The molecule has 634 valence electrons. The highest BCUT2D eigenvalue weighted by atomic mass is 16.4. The number of ketones is 2. The van der Waals surface area contributed by atoms with E-state index in [0.29, 0.717) is 37.2 Å². The molecule has 8 aromatic rings. The van der Waals surface area contributed by atoms with Gasteiger partial charge in [-0.2, -0.15) is 33.3 Å². The van der Waals surface area contributed by atoms with Crippen LogP contribution in [0.3, 0.4) is 0 Å². The molecule has 0 bridgehead atoms. The molecule has 4 atom stereocenters. The first kappa shape index (κ1) is 93.1. The number of phenols is 1. The van der Waals surface area contributed by atoms with Gasteiger partial charge >= 0.3 is 60.4 Å². The van der Waals surface area contributed by atoms with Crippen molar-refractivity contribution in [1.82, 2.24) is 26.6 Å². The molecule has 0 saturated heterocycles. The Hall–Kier alpha value is -15.4. The third kappa shape index (κ3) is 26.3. The first-order valence-electron chi connectivity index (χ1n) is 39.0. The highest BCUT2D eigenvalue weighted by Gasteiger charge is 2.46. The second-order valence-corrected chi connectivity index (χ2v) is 29.7. The Morgan fingerprint density at radius 1 is 0.561 bits per heavy atom. The maximum Gasteiger partial charge on any atom is 0.373 e. The highest BCUT2D eigenvalue weighted by molar-refractivity contribution is 6.08. The van der Waals surface area contributed by atoms with Crippen molar-refractivity contribution in [1.29, 1.82) is 0 Å². The van der Waals surface area contributed by atoms with Crippen molar-refractivity contribution >= 4 is 128 Å². The van der Waals surface area contributed by atoms with Gasteiger partial charge in [0.05, 0.1) is 18.4 Å². The number of carboxylic acid groups (broad SMARTS) is 4. The van der Waals surface area contributed by atoms with E-state index in [9.17, 15) is 58.2 Å². The first-order chi connectivity index (χ1) is 58.9. The van der Waals surface area contributed by atoms with Crippen molar-refractivity contribution in [2.24, 2.45) is 5.92 Å². The maximum atomic E-state index is 13.4. The summed E-state index contributed by atoms with van der Waals surface area (Å²) in [5.41, 5.74) is 14.3. The van der Waals surface area contributed by atoms with Crippen molar-refractivity contribution in [3.05, 3.63) is 280 Å². The number of nitrogens with zero attached hydrogens (tertiary/aromatic N) is 1. The number of benzene rings is 8. The van der Waals surface area contributed by atoms with Crippen molar-refractivity contribution in [3.63, 3.8) is 0 Å². The minimum absolute atomic E-state index is 0.00112. The number of rotatable bonds is 30. The number of aromatic hydroxyl groups is 1.